The number of rotatable bonds is 4. The van der Waals surface area contributed by atoms with Crippen LogP contribution in [0.3, 0.4) is 0 Å². The molecule has 1 saturated heterocycles. The summed E-state index contributed by atoms with van der Waals surface area (Å²) >= 11 is 0. The molecule has 1 N–H and O–H groups in total. The summed E-state index contributed by atoms with van der Waals surface area (Å²) in [6.45, 7) is 4.41. The topological polar surface area (TPSA) is 62.3 Å². The second-order valence-electron chi connectivity index (χ2n) is 8.25. The monoisotopic (exact) mass is 433 g/mol. The van der Waals surface area contributed by atoms with Gasteiger partial charge < -0.3 is 10.2 Å². The largest absolute Gasteiger partial charge is 0.324 e. The standard InChI is InChI=1S/C28H23N3O2/c1-19-16-26(27(32)30-24-13-14-25-23(17-24)8-5-15-29-25)31(18-19)28(33)22-11-9-21(10-12-22)20-6-3-2-4-7-20/h2-15,17,26H,1,16,18H2,(H,30,32)/t26-/m0/s1. The number of anilines is 1. The molecular formula is C28H23N3O2. The van der Waals surface area contributed by atoms with E-state index in [4.69, 9.17) is 0 Å². The van der Waals surface area contributed by atoms with Crippen LogP contribution in [0.1, 0.15) is 16.8 Å². The maximum absolute atomic E-state index is 13.3. The van der Waals surface area contributed by atoms with E-state index >= 15 is 0 Å². The number of hydrogen-bond acceptors (Lipinski definition) is 3. The predicted molar refractivity (Wildman–Crippen MR) is 131 cm³/mol. The van der Waals surface area contributed by atoms with Gasteiger partial charge >= 0.3 is 0 Å². The molecule has 4 aromatic rings. The summed E-state index contributed by atoms with van der Waals surface area (Å²) in [5.74, 6) is -0.387. The molecule has 1 aliphatic rings. The molecule has 1 atom stereocenters. The van der Waals surface area contributed by atoms with Crippen molar-refractivity contribution in [3.05, 3.63) is 109 Å². The number of nitrogens with one attached hydrogen (secondary N) is 1. The summed E-state index contributed by atoms with van der Waals surface area (Å²) in [4.78, 5) is 32.3. The van der Waals surface area contributed by atoms with Crippen LogP contribution in [-0.4, -0.2) is 34.3 Å². The fourth-order valence-corrected chi connectivity index (χ4v) is 4.23. The highest BCUT2D eigenvalue weighted by Crippen LogP contribution is 2.27. The Bertz CT molecular complexity index is 1350. The number of likely N-dealkylation sites (tertiary alicyclic amines) is 1. The van der Waals surface area contributed by atoms with Crippen LogP contribution in [0.4, 0.5) is 5.69 Å². The second kappa shape index (κ2) is 8.71. The quantitative estimate of drug-likeness (QED) is 0.444. The maximum atomic E-state index is 13.3. The first-order valence-corrected chi connectivity index (χ1v) is 10.9. The number of pyridine rings is 1. The molecule has 0 aliphatic carbocycles. The fourth-order valence-electron chi connectivity index (χ4n) is 4.23. The zero-order chi connectivity index (χ0) is 22.8. The molecule has 0 spiro atoms. The smallest absolute Gasteiger partial charge is 0.254 e. The molecule has 5 nitrogen and oxygen atoms in total. The number of benzene rings is 3. The zero-order valence-electron chi connectivity index (χ0n) is 18.1. The number of fused-ring (bicyclic) bond motifs is 1. The number of carbonyl (C=O) groups is 2. The van der Waals surface area contributed by atoms with Crippen molar-refractivity contribution in [2.24, 2.45) is 0 Å². The van der Waals surface area contributed by atoms with E-state index in [9.17, 15) is 9.59 Å². The molecule has 5 rings (SSSR count). The van der Waals surface area contributed by atoms with Gasteiger partial charge in [0.05, 0.1) is 5.52 Å². The van der Waals surface area contributed by atoms with Crippen molar-refractivity contribution < 1.29 is 9.59 Å². The van der Waals surface area contributed by atoms with Crippen LogP contribution in [-0.2, 0) is 4.79 Å². The highest BCUT2D eigenvalue weighted by atomic mass is 16.2. The Morgan fingerprint density at radius 2 is 1.67 bits per heavy atom. The average molecular weight is 434 g/mol. The minimum Gasteiger partial charge on any atom is -0.324 e. The third-order valence-corrected chi connectivity index (χ3v) is 5.93. The molecule has 3 aromatic carbocycles. The third kappa shape index (κ3) is 4.26. The maximum Gasteiger partial charge on any atom is 0.254 e. The Hall–Kier alpha value is -4.25. The lowest BCUT2D eigenvalue weighted by molar-refractivity contribution is -0.119. The van der Waals surface area contributed by atoms with Crippen LogP contribution in [0, 0.1) is 0 Å². The van der Waals surface area contributed by atoms with E-state index < -0.39 is 6.04 Å². The fraction of sp³-hybridized carbons (Fsp3) is 0.107. The van der Waals surface area contributed by atoms with Gasteiger partial charge in [0.25, 0.3) is 5.91 Å². The van der Waals surface area contributed by atoms with Gasteiger partial charge in [-0.15, -0.1) is 0 Å². The number of amides is 2. The van der Waals surface area contributed by atoms with E-state index in [1.807, 2.05) is 84.9 Å². The number of carbonyl (C=O) groups excluding carboxylic acids is 2. The van der Waals surface area contributed by atoms with Gasteiger partial charge in [0.1, 0.15) is 6.04 Å². The molecule has 1 fully saturated rings. The molecule has 0 radical (unpaired) electrons. The van der Waals surface area contributed by atoms with Crippen LogP contribution in [0.15, 0.2) is 103 Å². The Kier molecular flexibility index (Phi) is 5.45. The van der Waals surface area contributed by atoms with E-state index in [0.29, 0.717) is 24.2 Å². The van der Waals surface area contributed by atoms with Crippen molar-refractivity contribution in [3.8, 4) is 11.1 Å². The molecule has 5 heteroatoms. The van der Waals surface area contributed by atoms with Gasteiger partial charge in [-0.2, -0.15) is 0 Å². The van der Waals surface area contributed by atoms with Crippen LogP contribution in [0.5, 0.6) is 0 Å². The summed E-state index contributed by atoms with van der Waals surface area (Å²) in [6, 6.07) is 26.3. The molecule has 0 unspecified atom stereocenters. The lowest BCUT2D eigenvalue weighted by atomic mass is 10.0. The minimum atomic E-state index is -0.594. The Balaban J connectivity index is 1.34. The van der Waals surface area contributed by atoms with Crippen LogP contribution < -0.4 is 5.32 Å². The first-order valence-electron chi connectivity index (χ1n) is 10.9. The van der Waals surface area contributed by atoms with Gasteiger partial charge in [-0.3, -0.25) is 14.6 Å². The summed E-state index contributed by atoms with van der Waals surface area (Å²) in [7, 11) is 0. The van der Waals surface area contributed by atoms with Crippen molar-refractivity contribution in [2.75, 3.05) is 11.9 Å². The molecule has 1 aliphatic heterocycles. The average Bonchev–Trinajstić information content (AvgIpc) is 3.26. The first-order chi connectivity index (χ1) is 16.1. The van der Waals surface area contributed by atoms with E-state index in [0.717, 1.165) is 27.6 Å². The molecule has 1 aromatic heterocycles. The molecule has 2 amide bonds. The molecular weight excluding hydrogens is 410 g/mol. The minimum absolute atomic E-state index is 0.170. The van der Waals surface area contributed by atoms with Crippen molar-refractivity contribution >= 4 is 28.4 Å². The summed E-state index contributed by atoms with van der Waals surface area (Å²) in [6.07, 6.45) is 2.19. The highest BCUT2D eigenvalue weighted by molar-refractivity contribution is 6.03. The van der Waals surface area contributed by atoms with Gasteiger partial charge in [-0.05, 0) is 53.9 Å². The normalized spacial score (nSPS) is 15.6. The number of aromatic nitrogens is 1. The second-order valence-corrected chi connectivity index (χ2v) is 8.25. The molecule has 2 heterocycles. The Morgan fingerprint density at radius 3 is 2.45 bits per heavy atom. The molecule has 33 heavy (non-hydrogen) atoms. The predicted octanol–water partition coefficient (Wildman–Crippen LogP) is 5.31. The Labute approximate surface area is 192 Å². The lowest BCUT2D eigenvalue weighted by Crippen LogP contribution is -2.43. The van der Waals surface area contributed by atoms with Gasteiger partial charge in [-0.1, -0.05) is 60.7 Å². The van der Waals surface area contributed by atoms with Crippen molar-refractivity contribution in [1.29, 1.82) is 0 Å². The van der Waals surface area contributed by atoms with E-state index in [2.05, 4.69) is 16.9 Å². The number of nitrogens with zero attached hydrogens (tertiary/aromatic N) is 2. The van der Waals surface area contributed by atoms with Gasteiger partial charge in [0, 0.05) is 29.4 Å². The molecule has 0 bridgehead atoms. The van der Waals surface area contributed by atoms with Crippen LogP contribution >= 0.6 is 0 Å². The highest BCUT2D eigenvalue weighted by Gasteiger charge is 2.36. The summed E-state index contributed by atoms with van der Waals surface area (Å²) in [5, 5.41) is 3.90. The molecule has 162 valence electrons. The lowest BCUT2D eigenvalue weighted by Gasteiger charge is -2.24. The number of hydrogen-bond donors (Lipinski definition) is 1. The third-order valence-electron chi connectivity index (χ3n) is 5.93. The van der Waals surface area contributed by atoms with Gasteiger partial charge in [-0.25, -0.2) is 0 Å². The van der Waals surface area contributed by atoms with E-state index in [1.54, 1.807) is 11.1 Å². The summed E-state index contributed by atoms with van der Waals surface area (Å²) in [5.41, 5.74) is 5.09. The summed E-state index contributed by atoms with van der Waals surface area (Å²) < 4.78 is 0. The zero-order valence-corrected chi connectivity index (χ0v) is 18.1. The Morgan fingerprint density at radius 1 is 0.909 bits per heavy atom. The van der Waals surface area contributed by atoms with Crippen LogP contribution in [0.25, 0.3) is 22.0 Å². The van der Waals surface area contributed by atoms with E-state index in [1.165, 1.54) is 0 Å². The van der Waals surface area contributed by atoms with Crippen molar-refractivity contribution in [2.45, 2.75) is 12.5 Å². The van der Waals surface area contributed by atoms with Crippen molar-refractivity contribution in [3.63, 3.8) is 0 Å². The van der Waals surface area contributed by atoms with Gasteiger partial charge in [0.15, 0.2) is 0 Å². The first kappa shape index (κ1) is 20.6. The van der Waals surface area contributed by atoms with Crippen molar-refractivity contribution in [1.82, 2.24) is 9.88 Å². The molecule has 0 saturated carbocycles. The van der Waals surface area contributed by atoms with Gasteiger partial charge in [0.2, 0.25) is 5.91 Å². The SMILES string of the molecule is C=C1C[C@@H](C(=O)Nc2ccc3ncccc3c2)N(C(=O)c2ccc(-c3ccccc3)cc2)C1. The van der Waals surface area contributed by atoms with Crippen LogP contribution in [0.2, 0.25) is 0 Å². The van der Waals surface area contributed by atoms with E-state index in [-0.39, 0.29) is 11.8 Å².